The topological polar surface area (TPSA) is 58.6 Å². The maximum absolute atomic E-state index is 11.9. The first-order valence-electron chi connectivity index (χ1n) is 7.55. The molecule has 4 heteroatoms. The fourth-order valence-corrected chi connectivity index (χ4v) is 2.34. The van der Waals surface area contributed by atoms with Crippen LogP contribution in [0.5, 0.6) is 0 Å². The maximum Gasteiger partial charge on any atom is 0.248 e. The van der Waals surface area contributed by atoms with Crippen molar-refractivity contribution in [1.82, 2.24) is 5.32 Å². The Morgan fingerprint density at radius 2 is 1.89 bits per heavy atom. The van der Waals surface area contributed by atoms with Gasteiger partial charge in [0, 0.05) is 13.2 Å². The molecular formula is C15H29NO3. The van der Waals surface area contributed by atoms with E-state index in [1.165, 1.54) is 6.42 Å². The lowest BCUT2D eigenvalue weighted by Crippen LogP contribution is -2.47. The molecule has 112 valence electrons. The van der Waals surface area contributed by atoms with Crippen molar-refractivity contribution in [3.63, 3.8) is 0 Å². The molecule has 4 nitrogen and oxygen atoms in total. The Bertz CT molecular complexity index is 273. The summed E-state index contributed by atoms with van der Waals surface area (Å²) in [5.74, 6) is 0.459. The summed E-state index contributed by atoms with van der Waals surface area (Å²) in [5.41, 5.74) is -0.703. The molecule has 1 unspecified atom stereocenters. The van der Waals surface area contributed by atoms with Crippen LogP contribution in [-0.4, -0.2) is 35.9 Å². The van der Waals surface area contributed by atoms with Crippen molar-refractivity contribution in [3.8, 4) is 0 Å². The number of amides is 1. The molecule has 1 aliphatic carbocycles. The number of nitrogens with one attached hydrogen (secondary N) is 1. The average Bonchev–Trinajstić information content (AvgIpc) is 2.36. The van der Waals surface area contributed by atoms with E-state index >= 15 is 0 Å². The van der Waals surface area contributed by atoms with Gasteiger partial charge in [-0.1, -0.05) is 33.1 Å². The molecule has 1 amide bonds. The van der Waals surface area contributed by atoms with Crippen molar-refractivity contribution in [2.45, 2.75) is 71.0 Å². The van der Waals surface area contributed by atoms with Gasteiger partial charge in [-0.2, -0.15) is 0 Å². The molecule has 0 aliphatic heterocycles. The van der Waals surface area contributed by atoms with E-state index in [1.54, 1.807) is 6.92 Å². The third-order valence-corrected chi connectivity index (χ3v) is 3.81. The molecule has 1 atom stereocenters. The van der Waals surface area contributed by atoms with Gasteiger partial charge in [-0.15, -0.1) is 0 Å². The van der Waals surface area contributed by atoms with Crippen LogP contribution in [0.4, 0.5) is 0 Å². The number of carbonyl (C=O) groups excluding carboxylic acids is 1. The lowest BCUT2D eigenvalue weighted by molar-refractivity contribution is -0.133. The molecule has 0 saturated heterocycles. The second-order valence-corrected chi connectivity index (χ2v) is 6.20. The van der Waals surface area contributed by atoms with Crippen LogP contribution in [0.1, 0.15) is 59.3 Å². The number of hydrogen-bond acceptors (Lipinski definition) is 3. The van der Waals surface area contributed by atoms with Gasteiger partial charge in [0.05, 0.1) is 5.60 Å². The number of carbonyl (C=O) groups is 1. The Hall–Kier alpha value is -0.610. The highest BCUT2D eigenvalue weighted by Gasteiger charge is 2.30. The summed E-state index contributed by atoms with van der Waals surface area (Å²) in [6, 6.07) is 0. The van der Waals surface area contributed by atoms with Crippen molar-refractivity contribution in [2.75, 3.05) is 13.2 Å². The summed E-state index contributed by atoms with van der Waals surface area (Å²) in [6.07, 6.45) is 5.38. The fraction of sp³-hybridized carbons (Fsp3) is 0.933. The van der Waals surface area contributed by atoms with Crippen molar-refractivity contribution >= 4 is 5.91 Å². The Morgan fingerprint density at radius 3 is 2.47 bits per heavy atom. The highest BCUT2D eigenvalue weighted by atomic mass is 16.5. The summed E-state index contributed by atoms with van der Waals surface area (Å²) in [4.78, 5) is 11.9. The summed E-state index contributed by atoms with van der Waals surface area (Å²) in [7, 11) is 0. The van der Waals surface area contributed by atoms with Crippen LogP contribution in [0.15, 0.2) is 0 Å². The molecule has 1 rings (SSSR count). The minimum absolute atomic E-state index is 0.122. The zero-order chi connectivity index (χ0) is 14.3. The third-order valence-electron chi connectivity index (χ3n) is 3.81. The second-order valence-electron chi connectivity index (χ2n) is 6.20. The number of hydrogen-bond donors (Lipinski definition) is 2. The Morgan fingerprint density at radius 1 is 1.26 bits per heavy atom. The van der Waals surface area contributed by atoms with E-state index in [2.05, 4.69) is 19.2 Å². The quantitative estimate of drug-likeness (QED) is 0.746. The van der Waals surface area contributed by atoms with Crippen LogP contribution in [0, 0.1) is 5.92 Å². The van der Waals surface area contributed by atoms with Crippen LogP contribution in [0.25, 0.3) is 0 Å². The van der Waals surface area contributed by atoms with Crippen LogP contribution in [0.3, 0.4) is 0 Å². The Kier molecular flexibility index (Phi) is 6.80. The van der Waals surface area contributed by atoms with E-state index in [0.29, 0.717) is 19.1 Å². The first kappa shape index (κ1) is 16.4. The standard InChI is InChI=1S/C15H29NO3/c1-12(2)7-10-19-13(3)14(17)16-11-15(18)8-5-4-6-9-15/h12-13,18H,4-11H2,1-3H3,(H,16,17). The molecule has 0 aromatic carbocycles. The monoisotopic (exact) mass is 271 g/mol. The summed E-state index contributed by atoms with van der Waals surface area (Å²) < 4.78 is 5.49. The molecule has 0 radical (unpaired) electrons. The van der Waals surface area contributed by atoms with Gasteiger partial charge in [0.1, 0.15) is 6.10 Å². The van der Waals surface area contributed by atoms with Gasteiger partial charge in [-0.3, -0.25) is 4.79 Å². The highest BCUT2D eigenvalue weighted by molar-refractivity contribution is 5.80. The molecule has 0 aromatic rings. The third kappa shape index (κ3) is 6.39. The van der Waals surface area contributed by atoms with Crippen LogP contribution < -0.4 is 5.32 Å². The van der Waals surface area contributed by atoms with Crippen molar-refractivity contribution in [1.29, 1.82) is 0 Å². The Labute approximate surface area is 116 Å². The van der Waals surface area contributed by atoms with E-state index in [1.807, 2.05) is 0 Å². The van der Waals surface area contributed by atoms with Crippen molar-refractivity contribution < 1.29 is 14.6 Å². The first-order chi connectivity index (χ1) is 8.93. The molecule has 0 heterocycles. The number of rotatable bonds is 7. The van der Waals surface area contributed by atoms with E-state index < -0.39 is 11.7 Å². The average molecular weight is 271 g/mol. The molecule has 0 spiro atoms. The molecule has 2 N–H and O–H groups in total. The Balaban J connectivity index is 2.22. The molecule has 0 bridgehead atoms. The van der Waals surface area contributed by atoms with Gasteiger partial charge < -0.3 is 15.2 Å². The van der Waals surface area contributed by atoms with Gasteiger partial charge in [0.2, 0.25) is 5.91 Å². The lowest BCUT2D eigenvalue weighted by atomic mass is 9.85. The summed E-state index contributed by atoms with van der Waals surface area (Å²) in [5, 5.41) is 13.1. The smallest absolute Gasteiger partial charge is 0.248 e. The van der Waals surface area contributed by atoms with Crippen LogP contribution >= 0.6 is 0 Å². The normalized spacial score (nSPS) is 20.3. The minimum Gasteiger partial charge on any atom is -0.388 e. The fourth-order valence-electron chi connectivity index (χ4n) is 2.34. The van der Waals surface area contributed by atoms with E-state index in [0.717, 1.165) is 32.1 Å². The molecule has 1 fully saturated rings. The molecular weight excluding hydrogens is 242 g/mol. The number of aliphatic hydroxyl groups is 1. The van der Waals surface area contributed by atoms with Crippen molar-refractivity contribution in [2.24, 2.45) is 5.92 Å². The van der Waals surface area contributed by atoms with E-state index in [4.69, 9.17) is 4.74 Å². The number of ether oxygens (including phenoxy) is 1. The summed E-state index contributed by atoms with van der Waals surface area (Å²) in [6.45, 7) is 6.99. The van der Waals surface area contributed by atoms with Crippen molar-refractivity contribution in [3.05, 3.63) is 0 Å². The zero-order valence-corrected chi connectivity index (χ0v) is 12.6. The largest absolute Gasteiger partial charge is 0.388 e. The first-order valence-corrected chi connectivity index (χ1v) is 7.55. The zero-order valence-electron chi connectivity index (χ0n) is 12.6. The van der Waals surface area contributed by atoms with Gasteiger partial charge in [0.25, 0.3) is 0 Å². The van der Waals surface area contributed by atoms with Gasteiger partial charge >= 0.3 is 0 Å². The lowest BCUT2D eigenvalue weighted by Gasteiger charge is -2.32. The van der Waals surface area contributed by atoms with Crippen LogP contribution in [-0.2, 0) is 9.53 Å². The van der Waals surface area contributed by atoms with Crippen LogP contribution in [0.2, 0.25) is 0 Å². The van der Waals surface area contributed by atoms with Gasteiger partial charge in [-0.05, 0) is 32.1 Å². The van der Waals surface area contributed by atoms with Gasteiger partial charge in [-0.25, -0.2) is 0 Å². The predicted octanol–water partition coefficient (Wildman–Crippen LogP) is 2.25. The van der Waals surface area contributed by atoms with Gasteiger partial charge in [0.15, 0.2) is 0 Å². The second kappa shape index (κ2) is 7.85. The molecule has 1 saturated carbocycles. The molecule has 0 aromatic heterocycles. The summed E-state index contributed by atoms with van der Waals surface area (Å²) >= 11 is 0. The maximum atomic E-state index is 11.9. The van der Waals surface area contributed by atoms with E-state index in [-0.39, 0.29) is 5.91 Å². The predicted molar refractivity (Wildman–Crippen MR) is 75.9 cm³/mol. The molecule has 1 aliphatic rings. The SMILES string of the molecule is CC(C)CCOC(C)C(=O)NCC1(O)CCCCC1. The highest BCUT2D eigenvalue weighted by Crippen LogP contribution is 2.27. The minimum atomic E-state index is -0.703. The van der Waals surface area contributed by atoms with E-state index in [9.17, 15) is 9.90 Å². The molecule has 19 heavy (non-hydrogen) atoms.